The summed E-state index contributed by atoms with van der Waals surface area (Å²) < 4.78 is 42.7. The first-order valence-electron chi connectivity index (χ1n) is 9.53. The van der Waals surface area contributed by atoms with Crippen molar-refractivity contribution in [1.82, 2.24) is 15.2 Å². The van der Waals surface area contributed by atoms with Gasteiger partial charge in [0.25, 0.3) is 0 Å². The molecule has 1 amide bonds. The maximum absolute atomic E-state index is 11.4. The van der Waals surface area contributed by atoms with Crippen molar-refractivity contribution in [2.45, 2.75) is 37.4 Å². The molecule has 1 saturated carbocycles. The summed E-state index contributed by atoms with van der Waals surface area (Å²) in [6, 6.07) is 2.58. The first-order chi connectivity index (χ1) is 14.1. The molecule has 2 fully saturated rings. The third-order valence-electron chi connectivity index (χ3n) is 4.78. The van der Waals surface area contributed by atoms with Crippen LogP contribution in [-0.4, -0.2) is 73.1 Å². The zero-order chi connectivity index (χ0) is 22.3. The Morgan fingerprint density at radius 1 is 1.33 bits per heavy atom. The molecule has 168 valence electrons. The molecule has 1 aromatic heterocycles. The van der Waals surface area contributed by atoms with Gasteiger partial charge in [0.15, 0.2) is 0 Å². The van der Waals surface area contributed by atoms with Gasteiger partial charge in [0.05, 0.1) is 12.8 Å². The minimum Gasteiger partial charge on any atom is -0.490 e. The standard InChI is InChI=1S/C17H25N3O3.C2HF3O2/c1-20(2)17(21)22-6-4-12-8-16(12)13-7-15(10-18-9-13)23-11-14-3-5-19-14;3-2(4,5)1(6)7/h7,9-10,12,14,16,19H,3-6,8,11H2,1-2H3;(H,6,7)/t12-,14-,16-;/m0./s1. The Balaban J connectivity index is 0.000000396. The SMILES string of the molecule is CN(C)C(=O)OCC[C@H]1C[C@@H]1c1cncc(OC[C@@H]2CCN2)c1.O=C(O)C(F)(F)F. The van der Waals surface area contributed by atoms with Crippen LogP contribution in [0.25, 0.3) is 0 Å². The van der Waals surface area contributed by atoms with E-state index in [0.717, 1.165) is 25.1 Å². The molecule has 30 heavy (non-hydrogen) atoms. The molecule has 0 radical (unpaired) electrons. The smallest absolute Gasteiger partial charge is 0.490 e. The van der Waals surface area contributed by atoms with Gasteiger partial charge in [0.1, 0.15) is 12.4 Å². The summed E-state index contributed by atoms with van der Waals surface area (Å²) in [5, 5.41) is 10.4. The molecule has 3 rings (SSSR count). The van der Waals surface area contributed by atoms with E-state index in [2.05, 4.69) is 16.4 Å². The van der Waals surface area contributed by atoms with Gasteiger partial charge in [-0.25, -0.2) is 9.59 Å². The lowest BCUT2D eigenvalue weighted by Gasteiger charge is -2.27. The number of amides is 1. The Bertz CT molecular complexity index is 726. The quantitative estimate of drug-likeness (QED) is 0.682. The van der Waals surface area contributed by atoms with Crippen molar-refractivity contribution in [3.63, 3.8) is 0 Å². The summed E-state index contributed by atoms with van der Waals surface area (Å²) in [5.74, 6) is -0.811. The van der Waals surface area contributed by atoms with E-state index in [1.807, 2.05) is 6.20 Å². The Morgan fingerprint density at radius 2 is 2.00 bits per heavy atom. The lowest BCUT2D eigenvalue weighted by Crippen LogP contribution is -2.46. The Labute approximate surface area is 172 Å². The minimum atomic E-state index is -5.08. The summed E-state index contributed by atoms with van der Waals surface area (Å²) in [6.07, 6.45) is 1.56. The second-order valence-electron chi connectivity index (χ2n) is 7.41. The molecule has 8 nitrogen and oxygen atoms in total. The summed E-state index contributed by atoms with van der Waals surface area (Å²) >= 11 is 0. The summed E-state index contributed by atoms with van der Waals surface area (Å²) in [7, 11) is 3.39. The van der Waals surface area contributed by atoms with Crippen LogP contribution in [0, 0.1) is 5.92 Å². The molecule has 3 atom stereocenters. The molecular weight excluding hydrogens is 407 g/mol. The van der Waals surface area contributed by atoms with Gasteiger partial charge in [-0.05, 0) is 49.3 Å². The number of hydrogen-bond donors (Lipinski definition) is 2. The van der Waals surface area contributed by atoms with Crippen LogP contribution >= 0.6 is 0 Å². The van der Waals surface area contributed by atoms with Crippen LogP contribution in [-0.2, 0) is 9.53 Å². The number of carbonyl (C=O) groups excluding carboxylic acids is 1. The Morgan fingerprint density at radius 3 is 2.53 bits per heavy atom. The fourth-order valence-corrected chi connectivity index (χ4v) is 2.81. The monoisotopic (exact) mass is 433 g/mol. The maximum Gasteiger partial charge on any atom is 0.490 e. The molecule has 0 bridgehead atoms. The predicted octanol–water partition coefficient (Wildman–Crippen LogP) is 2.65. The number of ether oxygens (including phenoxy) is 2. The van der Waals surface area contributed by atoms with Crippen LogP contribution in [0.1, 0.15) is 30.7 Å². The molecule has 1 aliphatic heterocycles. The van der Waals surface area contributed by atoms with E-state index in [1.54, 1.807) is 20.3 Å². The number of aromatic nitrogens is 1. The van der Waals surface area contributed by atoms with Gasteiger partial charge >= 0.3 is 18.2 Å². The number of carboxylic acids is 1. The molecule has 1 aromatic rings. The lowest BCUT2D eigenvalue weighted by atomic mass is 10.1. The normalized spacial score (nSPS) is 22.1. The van der Waals surface area contributed by atoms with Crippen molar-refractivity contribution in [2.24, 2.45) is 5.92 Å². The van der Waals surface area contributed by atoms with Crippen LogP contribution in [0.2, 0.25) is 0 Å². The van der Waals surface area contributed by atoms with Crippen molar-refractivity contribution in [3.05, 3.63) is 24.0 Å². The maximum atomic E-state index is 11.4. The van der Waals surface area contributed by atoms with E-state index < -0.39 is 12.1 Å². The second-order valence-corrected chi connectivity index (χ2v) is 7.41. The number of pyridine rings is 1. The lowest BCUT2D eigenvalue weighted by molar-refractivity contribution is -0.192. The largest absolute Gasteiger partial charge is 0.490 e. The molecule has 2 heterocycles. The molecule has 2 N–H and O–H groups in total. The number of nitrogens with one attached hydrogen (secondary N) is 1. The van der Waals surface area contributed by atoms with Gasteiger partial charge in [-0.1, -0.05) is 0 Å². The number of carboxylic acid groups (broad SMARTS) is 1. The van der Waals surface area contributed by atoms with Crippen LogP contribution in [0.3, 0.4) is 0 Å². The van der Waals surface area contributed by atoms with Crippen LogP contribution in [0.5, 0.6) is 5.75 Å². The number of halogens is 3. The van der Waals surface area contributed by atoms with Gasteiger partial charge < -0.3 is 24.8 Å². The Hall–Kier alpha value is -2.56. The zero-order valence-electron chi connectivity index (χ0n) is 16.8. The van der Waals surface area contributed by atoms with Gasteiger partial charge in [-0.2, -0.15) is 13.2 Å². The van der Waals surface area contributed by atoms with Gasteiger partial charge in [-0.15, -0.1) is 0 Å². The number of aliphatic carboxylic acids is 1. The third kappa shape index (κ3) is 7.69. The first-order valence-corrected chi connectivity index (χ1v) is 9.53. The summed E-state index contributed by atoms with van der Waals surface area (Å²) in [4.78, 5) is 26.0. The fourth-order valence-electron chi connectivity index (χ4n) is 2.81. The molecular formula is C19H26F3N3O5. The predicted molar refractivity (Wildman–Crippen MR) is 100 cm³/mol. The van der Waals surface area contributed by atoms with E-state index in [4.69, 9.17) is 19.4 Å². The zero-order valence-corrected chi connectivity index (χ0v) is 16.8. The summed E-state index contributed by atoms with van der Waals surface area (Å²) in [5.41, 5.74) is 1.23. The van der Waals surface area contributed by atoms with Gasteiger partial charge in [-0.3, -0.25) is 4.98 Å². The highest BCUT2D eigenvalue weighted by molar-refractivity contribution is 5.73. The van der Waals surface area contributed by atoms with E-state index >= 15 is 0 Å². The van der Waals surface area contributed by atoms with E-state index in [-0.39, 0.29) is 6.09 Å². The molecule has 11 heteroatoms. The van der Waals surface area contributed by atoms with Crippen molar-refractivity contribution in [2.75, 3.05) is 33.9 Å². The number of hydrogen-bond acceptors (Lipinski definition) is 6. The Kier molecular flexibility index (Phi) is 8.27. The molecule has 1 aliphatic carbocycles. The highest BCUT2D eigenvalue weighted by Crippen LogP contribution is 2.49. The topological polar surface area (TPSA) is 101 Å². The van der Waals surface area contributed by atoms with Crippen LogP contribution < -0.4 is 10.1 Å². The number of alkyl halides is 3. The molecule has 0 aromatic carbocycles. The molecule has 0 unspecified atom stereocenters. The van der Waals surface area contributed by atoms with Crippen molar-refractivity contribution in [1.29, 1.82) is 0 Å². The summed E-state index contributed by atoms with van der Waals surface area (Å²) in [6.45, 7) is 2.28. The molecule has 2 aliphatic rings. The van der Waals surface area contributed by atoms with Crippen molar-refractivity contribution < 1.29 is 37.3 Å². The fraction of sp³-hybridized carbons (Fsp3) is 0.632. The van der Waals surface area contributed by atoms with Gasteiger partial charge in [0, 0.05) is 26.3 Å². The second kappa shape index (κ2) is 10.5. The first kappa shape index (κ1) is 23.7. The van der Waals surface area contributed by atoms with Crippen LogP contribution in [0.4, 0.5) is 18.0 Å². The van der Waals surface area contributed by atoms with Crippen molar-refractivity contribution >= 4 is 12.1 Å². The number of rotatable bonds is 7. The highest BCUT2D eigenvalue weighted by Gasteiger charge is 2.39. The van der Waals surface area contributed by atoms with E-state index in [0.29, 0.717) is 31.1 Å². The molecule has 1 saturated heterocycles. The van der Waals surface area contributed by atoms with Crippen LogP contribution in [0.15, 0.2) is 18.5 Å². The van der Waals surface area contributed by atoms with Gasteiger partial charge in [0.2, 0.25) is 0 Å². The minimum absolute atomic E-state index is 0.274. The average Bonchev–Trinajstić information content (AvgIpc) is 3.40. The van der Waals surface area contributed by atoms with E-state index in [1.165, 1.54) is 16.9 Å². The highest BCUT2D eigenvalue weighted by atomic mass is 19.4. The number of nitrogens with zero attached hydrogens (tertiary/aromatic N) is 2. The van der Waals surface area contributed by atoms with Crippen molar-refractivity contribution in [3.8, 4) is 5.75 Å². The van der Waals surface area contributed by atoms with E-state index in [9.17, 15) is 18.0 Å². The average molecular weight is 433 g/mol. The molecule has 0 spiro atoms. The number of carbonyl (C=O) groups is 2. The third-order valence-corrected chi connectivity index (χ3v) is 4.78.